The quantitative estimate of drug-likeness (QED) is 0.754. The average Bonchev–Trinajstić information content (AvgIpc) is 3.04. The van der Waals surface area contributed by atoms with Crippen molar-refractivity contribution in [1.82, 2.24) is 12.6 Å². The maximum absolute atomic E-state index is 12.5. The molecule has 0 aliphatic heterocycles. The zero-order valence-electron chi connectivity index (χ0n) is 14.3. The predicted molar refractivity (Wildman–Crippen MR) is 102 cm³/mol. The van der Waals surface area contributed by atoms with E-state index in [-0.39, 0.29) is 0 Å². The van der Waals surface area contributed by atoms with E-state index in [1.54, 1.807) is 12.1 Å². The number of fused-ring (bicyclic) bond motifs is 1. The first-order chi connectivity index (χ1) is 11.8. The van der Waals surface area contributed by atoms with Crippen LogP contribution in [-0.4, -0.2) is 41.0 Å². The molecule has 1 saturated carbocycles. The topological polar surface area (TPSA) is 73.5 Å². The standard InChI is InChI=1S/C17H22BrN3O3S/c1-20(2)25(23,24)21(18)17(22)13-8-9-14-15(11-19-16(14)10-13)12-6-4-3-5-7-12/h8-12,19H,3-7H2,1-2H3. The maximum Gasteiger partial charge on any atom is 0.315 e. The molecular formula is C17H22BrN3O3S. The highest BCUT2D eigenvalue weighted by Crippen LogP contribution is 2.36. The lowest BCUT2D eigenvalue weighted by Crippen LogP contribution is -2.37. The number of benzene rings is 1. The fourth-order valence-electron chi connectivity index (χ4n) is 3.38. The van der Waals surface area contributed by atoms with Crippen molar-refractivity contribution in [3.63, 3.8) is 0 Å². The molecule has 1 heterocycles. The van der Waals surface area contributed by atoms with Gasteiger partial charge >= 0.3 is 10.2 Å². The molecule has 2 aromatic rings. The van der Waals surface area contributed by atoms with Gasteiger partial charge in [-0.1, -0.05) is 25.3 Å². The van der Waals surface area contributed by atoms with E-state index in [9.17, 15) is 13.2 Å². The van der Waals surface area contributed by atoms with Gasteiger partial charge in [-0.15, -0.1) is 0 Å². The Labute approximate surface area is 156 Å². The number of halogens is 1. The summed E-state index contributed by atoms with van der Waals surface area (Å²) in [5.74, 6) is -0.0599. The highest BCUT2D eigenvalue weighted by molar-refractivity contribution is 9.09. The SMILES string of the molecule is CN(C)S(=O)(=O)N(Br)C(=O)c1ccc2c(C3CCCCC3)c[nH]c2c1. The first kappa shape index (κ1) is 18.4. The Morgan fingerprint density at radius 2 is 1.88 bits per heavy atom. The lowest BCUT2D eigenvalue weighted by molar-refractivity contribution is 0.0929. The largest absolute Gasteiger partial charge is 0.361 e. The molecule has 3 rings (SSSR count). The van der Waals surface area contributed by atoms with Crippen LogP contribution >= 0.6 is 16.1 Å². The third kappa shape index (κ3) is 3.47. The second kappa shape index (κ2) is 7.09. The van der Waals surface area contributed by atoms with E-state index in [0.717, 1.165) is 15.2 Å². The van der Waals surface area contributed by atoms with Crippen LogP contribution in [0.2, 0.25) is 0 Å². The molecule has 8 heteroatoms. The van der Waals surface area contributed by atoms with Gasteiger partial charge in [0.1, 0.15) is 0 Å². The van der Waals surface area contributed by atoms with E-state index in [1.807, 2.05) is 12.3 Å². The van der Waals surface area contributed by atoms with Crippen LogP contribution in [0.4, 0.5) is 0 Å². The molecule has 1 N–H and O–H groups in total. The van der Waals surface area contributed by atoms with Gasteiger partial charge in [0, 0.05) is 36.8 Å². The van der Waals surface area contributed by atoms with Gasteiger partial charge in [0.15, 0.2) is 0 Å². The van der Waals surface area contributed by atoms with Crippen molar-refractivity contribution < 1.29 is 13.2 Å². The van der Waals surface area contributed by atoms with Crippen molar-refractivity contribution in [2.45, 2.75) is 38.0 Å². The number of carbonyl (C=O) groups is 1. The van der Waals surface area contributed by atoms with Crippen LogP contribution in [0.3, 0.4) is 0 Å². The number of nitrogens with zero attached hydrogens (tertiary/aromatic N) is 2. The van der Waals surface area contributed by atoms with Gasteiger partial charge in [-0.2, -0.15) is 16.1 Å². The fraction of sp³-hybridized carbons (Fsp3) is 0.471. The molecule has 6 nitrogen and oxygen atoms in total. The number of rotatable bonds is 4. The summed E-state index contributed by atoms with van der Waals surface area (Å²) in [4.78, 5) is 15.7. The van der Waals surface area contributed by atoms with E-state index in [4.69, 9.17) is 0 Å². The number of nitrogens with one attached hydrogen (secondary N) is 1. The molecule has 0 saturated heterocycles. The van der Waals surface area contributed by atoms with Crippen LogP contribution < -0.4 is 0 Å². The monoisotopic (exact) mass is 427 g/mol. The van der Waals surface area contributed by atoms with Crippen molar-refractivity contribution in [1.29, 1.82) is 0 Å². The van der Waals surface area contributed by atoms with Crippen molar-refractivity contribution in [2.75, 3.05) is 14.1 Å². The minimum Gasteiger partial charge on any atom is -0.361 e. The summed E-state index contributed by atoms with van der Waals surface area (Å²) < 4.78 is 25.8. The summed E-state index contributed by atoms with van der Waals surface area (Å²) in [7, 11) is -1.11. The highest BCUT2D eigenvalue weighted by Gasteiger charge is 2.29. The molecule has 1 fully saturated rings. The zero-order valence-corrected chi connectivity index (χ0v) is 16.7. The Hall–Kier alpha value is -1.38. The van der Waals surface area contributed by atoms with Crippen molar-refractivity contribution in [3.05, 3.63) is 35.5 Å². The molecule has 0 radical (unpaired) electrons. The van der Waals surface area contributed by atoms with Gasteiger partial charge in [-0.05, 0) is 36.5 Å². The number of carbonyl (C=O) groups excluding carboxylic acids is 1. The van der Waals surface area contributed by atoms with Gasteiger partial charge in [-0.25, -0.2) is 0 Å². The summed E-state index contributed by atoms with van der Waals surface area (Å²) >= 11 is 2.88. The summed E-state index contributed by atoms with van der Waals surface area (Å²) in [6.07, 6.45) is 8.24. The van der Waals surface area contributed by atoms with E-state index < -0.39 is 16.1 Å². The van der Waals surface area contributed by atoms with Crippen LogP contribution in [0.25, 0.3) is 10.9 Å². The molecule has 1 aromatic carbocycles. The summed E-state index contributed by atoms with van der Waals surface area (Å²) in [6.45, 7) is 0. The molecule has 25 heavy (non-hydrogen) atoms. The number of aromatic nitrogens is 1. The van der Waals surface area contributed by atoms with Crippen molar-refractivity contribution in [2.24, 2.45) is 0 Å². The summed E-state index contributed by atoms with van der Waals surface area (Å²) in [5, 5.41) is 1.11. The van der Waals surface area contributed by atoms with Crippen LogP contribution in [0.1, 0.15) is 53.9 Å². The first-order valence-electron chi connectivity index (χ1n) is 8.36. The van der Waals surface area contributed by atoms with Crippen molar-refractivity contribution in [3.8, 4) is 0 Å². The fourth-order valence-corrected chi connectivity index (χ4v) is 4.97. The highest BCUT2D eigenvalue weighted by atomic mass is 79.9. The molecule has 1 aromatic heterocycles. The van der Waals surface area contributed by atoms with E-state index in [0.29, 0.717) is 14.8 Å². The van der Waals surface area contributed by atoms with E-state index in [2.05, 4.69) is 21.1 Å². The number of hydrogen-bond acceptors (Lipinski definition) is 3. The van der Waals surface area contributed by atoms with Gasteiger partial charge in [0.25, 0.3) is 5.91 Å². The molecule has 0 atom stereocenters. The third-order valence-corrected chi connectivity index (χ3v) is 7.74. The molecule has 1 amide bonds. The van der Waals surface area contributed by atoms with Crippen molar-refractivity contribution >= 4 is 43.2 Å². The van der Waals surface area contributed by atoms with Gasteiger partial charge in [-0.3, -0.25) is 4.79 Å². The Morgan fingerprint density at radius 1 is 1.20 bits per heavy atom. The second-order valence-electron chi connectivity index (χ2n) is 6.65. The molecule has 0 unspecified atom stereocenters. The second-order valence-corrected chi connectivity index (χ2v) is 9.82. The zero-order chi connectivity index (χ0) is 18.2. The maximum atomic E-state index is 12.5. The van der Waals surface area contributed by atoms with Crippen LogP contribution in [0, 0.1) is 0 Å². The number of hydrogen-bond donors (Lipinski definition) is 1. The van der Waals surface area contributed by atoms with Crippen LogP contribution in [0.15, 0.2) is 24.4 Å². The van der Waals surface area contributed by atoms with Gasteiger partial charge in [0.2, 0.25) is 0 Å². The Kier molecular flexibility index (Phi) is 5.22. The van der Waals surface area contributed by atoms with Gasteiger partial charge in [0.05, 0.1) is 16.1 Å². The average molecular weight is 428 g/mol. The lowest BCUT2D eigenvalue weighted by atomic mass is 9.84. The minimum absolute atomic E-state index is 0.312. The summed E-state index contributed by atoms with van der Waals surface area (Å²) in [6, 6.07) is 5.31. The van der Waals surface area contributed by atoms with E-state index in [1.165, 1.54) is 51.8 Å². The Bertz CT molecular complexity index is 886. The minimum atomic E-state index is -3.87. The molecule has 1 aliphatic rings. The number of aromatic amines is 1. The molecule has 0 spiro atoms. The summed E-state index contributed by atoms with van der Waals surface area (Å²) in [5.41, 5.74) is 2.46. The third-order valence-electron chi connectivity index (χ3n) is 4.83. The number of H-pyrrole nitrogens is 1. The van der Waals surface area contributed by atoms with Gasteiger partial charge < -0.3 is 4.98 Å². The first-order valence-corrected chi connectivity index (χ1v) is 10.5. The molecular weight excluding hydrogens is 406 g/mol. The Morgan fingerprint density at radius 3 is 2.52 bits per heavy atom. The molecule has 136 valence electrons. The van der Waals surface area contributed by atoms with Crippen LogP contribution in [0.5, 0.6) is 0 Å². The molecule has 1 aliphatic carbocycles. The predicted octanol–water partition coefficient (Wildman–Crippen LogP) is 3.77. The lowest BCUT2D eigenvalue weighted by Gasteiger charge is -2.21. The molecule has 0 bridgehead atoms. The van der Waals surface area contributed by atoms with E-state index >= 15 is 0 Å². The smallest absolute Gasteiger partial charge is 0.315 e. The normalized spacial score (nSPS) is 16.5. The number of amides is 1. The Balaban J connectivity index is 1.90. The van der Waals surface area contributed by atoms with Crippen LogP contribution in [-0.2, 0) is 10.2 Å².